The van der Waals surface area contributed by atoms with Crippen molar-refractivity contribution in [3.63, 3.8) is 0 Å². The van der Waals surface area contributed by atoms with Gasteiger partial charge >= 0.3 is 5.97 Å². The van der Waals surface area contributed by atoms with Crippen molar-refractivity contribution in [1.82, 2.24) is 20.9 Å². The molecule has 6 atom stereocenters. The Balaban J connectivity index is 2.13. The van der Waals surface area contributed by atoms with Gasteiger partial charge in [0.1, 0.15) is 18.1 Å². The van der Waals surface area contributed by atoms with Gasteiger partial charge in [-0.25, -0.2) is 4.79 Å². The van der Waals surface area contributed by atoms with E-state index in [0.717, 1.165) is 16.5 Å². The summed E-state index contributed by atoms with van der Waals surface area (Å²) >= 11 is 0. The Morgan fingerprint density at radius 2 is 1.50 bits per heavy atom. The van der Waals surface area contributed by atoms with Gasteiger partial charge in [-0.05, 0) is 42.7 Å². The molecule has 0 fully saturated rings. The highest BCUT2D eigenvalue weighted by atomic mass is 16.4. The zero-order valence-corrected chi connectivity index (χ0v) is 24.9. The zero-order chi connectivity index (χ0) is 31.4. The Morgan fingerprint density at radius 1 is 0.929 bits per heavy atom. The Hall–Kier alpha value is -4.13. The van der Waals surface area contributed by atoms with Crippen LogP contribution in [-0.2, 0) is 25.6 Å². The largest absolute Gasteiger partial charge is 0.480 e. The average molecular weight is 587 g/mol. The van der Waals surface area contributed by atoms with Crippen molar-refractivity contribution < 1.29 is 24.3 Å². The molecule has 0 radical (unpaired) electrons. The summed E-state index contributed by atoms with van der Waals surface area (Å²) in [5.41, 5.74) is 18.7. The number of carbonyl (C=O) groups is 4. The topological polar surface area (TPSA) is 231 Å². The summed E-state index contributed by atoms with van der Waals surface area (Å²) in [5, 5.41) is 18.7. The second-order valence-corrected chi connectivity index (χ2v) is 10.8. The Kier molecular flexibility index (Phi) is 13.3. The molecule has 0 aliphatic rings. The van der Waals surface area contributed by atoms with Crippen LogP contribution >= 0.6 is 0 Å². The van der Waals surface area contributed by atoms with Crippen LogP contribution in [0, 0.1) is 11.8 Å². The van der Waals surface area contributed by atoms with Gasteiger partial charge in [0.05, 0.1) is 6.04 Å². The number of amides is 3. The number of hydrogen-bond donors (Lipinski definition) is 8. The number of carbonyl (C=O) groups excluding carboxylic acids is 3. The van der Waals surface area contributed by atoms with Gasteiger partial charge in [0.2, 0.25) is 17.7 Å². The summed E-state index contributed by atoms with van der Waals surface area (Å²) in [7, 11) is 0. The SMILES string of the molecule is CCC(C)C(NC(=O)C(N)Cc1c[nH]c2ccccc12)C(=O)NC(C(=O)NC(CCCN=C(N)N)C(=O)O)C(C)CC. The van der Waals surface area contributed by atoms with Crippen molar-refractivity contribution in [2.24, 2.45) is 34.0 Å². The number of aromatic nitrogens is 1. The fourth-order valence-corrected chi connectivity index (χ4v) is 4.56. The van der Waals surface area contributed by atoms with E-state index in [1.54, 1.807) is 6.92 Å². The number of aliphatic imine (C=N–C) groups is 1. The van der Waals surface area contributed by atoms with Crippen LogP contribution in [0.3, 0.4) is 0 Å². The Bertz CT molecular complexity index is 1240. The van der Waals surface area contributed by atoms with E-state index in [0.29, 0.717) is 19.3 Å². The molecule has 1 aromatic heterocycles. The molecular formula is C29H46N8O5. The van der Waals surface area contributed by atoms with E-state index in [-0.39, 0.29) is 37.2 Å². The molecule has 2 rings (SSSR count). The van der Waals surface area contributed by atoms with Crippen LogP contribution in [0.4, 0.5) is 0 Å². The maximum atomic E-state index is 13.5. The van der Waals surface area contributed by atoms with Crippen LogP contribution in [0.25, 0.3) is 10.9 Å². The fourth-order valence-electron chi connectivity index (χ4n) is 4.56. The van der Waals surface area contributed by atoms with Crippen molar-refractivity contribution in [2.75, 3.05) is 6.54 Å². The van der Waals surface area contributed by atoms with E-state index < -0.39 is 47.9 Å². The second kappa shape index (κ2) is 16.3. The maximum absolute atomic E-state index is 13.5. The molecule has 0 saturated carbocycles. The van der Waals surface area contributed by atoms with Gasteiger partial charge in [-0.1, -0.05) is 58.7 Å². The lowest BCUT2D eigenvalue weighted by molar-refractivity contribution is -0.143. The van der Waals surface area contributed by atoms with E-state index in [1.807, 2.05) is 51.2 Å². The molecule has 1 aromatic carbocycles. The number of guanidine groups is 1. The van der Waals surface area contributed by atoms with E-state index in [4.69, 9.17) is 17.2 Å². The highest BCUT2D eigenvalue weighted by molar-refractivity contribution is 5.94. The van der Waals surface area contributed by atoms with Crippen LogP contribution < -0.4 is 33.2 Å². The number of benzene rings is 1. The molecule has 2 aromatic rings. The fraction of sp³-hybridized carbons (Fsp3) is 0.552. The molecule has 0 spiro atoms. The van der Waals surface area contributed by atoms with E-state index in [1.165, 1.54) is 0 Å². The smallest absolute Gasteiger partial charge is 0.326 e. The minimum atomic E-state index is -1.21. The predicted molar refractivity (Wildman–Crippen MR) is 162 cm³/mol. The quantitative estimate of drug-likeness (QED) is 0.0746. The van der Waals surface area contributed by atoms with E-state index in [9.17, 15) is 24.3 Å². The molecule has 0 aliphatic carbocycles. The number of hydrogen-bond acceptors (Lipinski definition) is 6. The van der Waals surface area contributed by atoms with Crippen LogP contribution in [0.5, 0.6) is 0 Å². The van der Waals surface area contributed by atoms with Crippen molar-refractivity contribution in [3.05, 3.63) is 36.0 Å². The first-order chi connectivity index (χ1) is 19.9. The predicted octanol–water partition coefficient (Wildman–Crippen LogP) is 0.723. The normalized spacial score (nSPS) is 15.5. The monoisotopic (exact) mass is 586 g/mol. The zero-order valence-electron chi connectivity index (χ0n) is 24.9. The second-order valence-electron chi connectivity index (χ2n) is 10.8. The van der Waals surface area contributed by atoms with Gasteiger partial charge in [0.25, 0.3) is 0 Å². The maximum Gasteiger partial charge on any atom is 0.326 e. The minimum Gasteiger partial charge on any atom is -0.480 e. The molecule has 232 valence electrons. The number of para-hydroxylation sites is 1. The summed E-state index contributed by atoms with van der Waals surface area (Å²) in [6, 6.07) is 3.62. The molecule has 6 unspecified atom stereocenters. The summed E-state index contributed by atoms with van der Waals surface area (Å²) in [6.45, 7) is 7.57. The van der Waals surface area contributed by atoms with Crippen molar-refractivity contribution >= 4 is 40.6 Å². The van der Waals surface area contributed by atoms with E-state index in [2.05, 4.69) is 25.9 Å². The van der Waals surface area contributed by atoms with Gasteiger partial charge < -0.3 is 43.2 Å². The number of H-pyrrole nitrogens is 1. The molecule has 0 aliphatic heterocycles. The summed E-state index contributed by atoms with van der Waals surface area (Å²) in [5.74, 6) is -3.56. The third kappa shape index (κ3) is 9.75. The first-order valence-corrected chi connectivity index (χ1v) is 14.4. The lowest BCUT2D eigenvalue weighted by Crippen LogP contribution is -2.60. The molecule has 11 N–H and O–H groups in total. The molecule has 1 heterocycles. The number of fused-ring (bicyclic) bond motifs is 1. The number of carboxylic acids is 1. The van der Waals surface area contributed by atoms with Gasteiger partial charge in [-0.15, -0.1) is 0 Å². The molecule has 0 bridgehead atoms. The lowest BCUT2D eigenvalue weighted by Gasteiger charge is -2.30. The van der Waals surface area contributed by atoms with Crippen LogP contribution in [0.1, 0.15) is 58.9 Å². The third-order valence-electron chi connectivity index (χ3n) is 7.60. The molecule has 3 amide bonds. The van der Waals surface area contributed by atoms with Crippen LogP contribution in [-0.4, -0.2) is 70.5 Å². The Labute approximate surface area is 246 Å². The van der Waals surface area contributed by atoms with Gasteiger partial charge in [0.15, 0.2) is 5.96 Å². The standard InChI is InChI=1S/C29H46N8O5/c1-5-16(3)23(26(39)35-22(28(41)42)12-9-13-33-29(31)32)37-27(40)24(17(4)6-2)36-25(38)20(30)14-18-15-34-21-11-8-7-10-19(18)21/h7-8,10-11,15-17,20,22-24,34H,5-6,9,12-14,30H2,1-4H3,(H,35,39)(H,36,38)(H,37,40)(H,41,42)(H4,31,32,33). The molecule has 13 heteroatoms. The average Bonchev–Trinajstić information content (AvgIpc) is 3.37. The van der Waals surface area contributed by atoms with E-state index >= 15 is 0 Å². The number of nitrogens with zero attached hydrogens (tertiary/aromatic N) is 1. The molecule has 42 heavy (non-hydrogen) atoms. The minimum absolute atomic E-state index is 0.0961. The highest BCUT2D eigenvalue weighted by Crippen LogP contribution is 2.19. The number of aromatic amines is 1. The first kappa shape index (κ1) is 34.1. The molecular weight excluding hydrogens is 540 g/mol. The van der Waals surface area contributed by atoms with Crippen LogP contribution in [0.2, 0.25) is 0 Å². The number of carboxylic acid groups (broad SMARTS) is 1. The van der Waals surface area contributed by atoms with Crippen LogP contribution in [0.15, 0.2) is 35.5 Å². The Morgan fingerprint density at radius 3 is 2.07 bits per heavy atom. The summed E-state index contributed by atoms with van der Waals surface area (Å²) in [4.78, 5) is 58.7. The van der Waals surface area contributed by atoms with Gasteiger partial charge in [-0.2, -0.15) is 0 Å². The first-order valence-electron chi connectivity index (χ1n) is 14.4. The van der Waals surface area contributed by atoms with Crippen molar-refractivity contribution in [2.45, 2.75) is 84.0 Å². The number of aliphatic carboxylic acids is 1. The molecule has 0 saturated heterocycles. The number of rotatable bonds is 17. The highest BCUT2D eigenvalue weighted by Gasteiger charge is 2.34. The van der Waals surface area contributed by atoms with Gasteiger partial charge in [0, 0.05) is 23.6 Å². The summed E-state index contributed by atoms with van der Waals surface area (Å²) < 4.78 is 0. The third-order valence-corrected chi connectivity index (χ3v) is 7.60. The molecule has 13 nitrogen and oxygen atoms in total. The van der Waals surface area contributed by atoms with Gasteiger partial charge in [-0.3, -0.25) is 19.4 Å². The lowest BCUT2D eigenvalue weighted by atomic mass is 9.94. The number of nitrogens with two attached hydrogens (primary N) is 3. The van der Waals surface area contributed by atoms with Crippen molar-refractivity contribution in [3.8, 4) is 0 Å². The number of nitrogens with one attached hydrogen (secondary N) is 4. The summed E-state index contributed by atoms with van der Waals surface area (Å²) in [6.07, 6.45) is 3.62. The van der Waals surface area contributed by atoms with Crippen molar-refractivity contribution in [1.29, 1.82) is 0 Å².